The third kappa shape index (κ3) is 3.80. The van der Waals surface area contributed by atoms with Gasteiger partial charge in [0.1, 0.15) is 0 Å². The Hall–Kier alpha value is -0.0200. The predicted octanol–water partition coefficient (Wildman–Crippen LogP) is 4.67. The van der Waals surface area contributed by atoms with Gasteiger partial charge in [0.05, 0.1) is 8.67 Å². The van der Waals surface area contributed by atoms with Gasteiger partial charge in [-0.15, -0.1) is 17.9 Å². The molecule has 0 saturated heterocycles. The van der Waals surface area contributed by atoms with E-state index in [2.05, 4.69) is 18.8 Å². The smallest absolute Gasteiger partial charge is 0.0992 e. The summed E-state index contributed by atoms with van der Waals surface area (Å²) < 4.78 is 1.51. The zero-order chi connectivity index (χ0) is 11.3. The minimum Gasteiger partial charge on any atom is -0.310 e. The molecular weight excluding hydrogens is 249 g/mol. The maximum atomic E-state index is 6.11. The highest BCUT2D eigenvalue weighted by Crippen LogP contribution is 2.36. The van der Waals surface area contributed by atoms with E-state index in [1.807, 2.05) is 12.1 Å². The third-order valence-electron chi connectivity index (χ3n) is 2.10. The van der Waals surface area contributed by atoms with Crippen LogP contribution in [-0.4, -0.2) is 6.54 Å². The van der Waals surface area contributed by atoms with Crippen molar-refractivity contribution in [3.63, 3.8) is 0 Å². The molecule has 0 amide bonds. The Labute approximate surface area is 105 Å². The topological polar surface area (TPSA) is 12.0 Å². The fourth-order valence-electron chi connectivity index (χ4n) is 1.40. The van der Waals surface area contributed by atoms with Crippen LogP contribution in [0.4, 0.5) is 0 Å². The second-order valence-electron chi connectivity index (χ2n) is 3.31. The lowest BCUT2D eigenvalue weighted by molar-refractivity contribution is 0.539. The fraction of sp³-hybridized carbons (Fsp3) is 0.455. The molecule has 0 saturated carbocycles. The van der Waals surface area contributed by atoms with Crippen molar-refractivity contribution in [2.24, 2.45) is 0 Å². The minimum atomic E-state index is 0.235. The van der Waals surface area contributed by atoms with Crippen LogP contribution in [0, 0.1) is 0 Å². The van der Waals surface area contributed by atoms with Crippen LogP contribution in [0.1, 0.15) is 31.4 Å². The minimum absolute atomic E-state index is 0.235. The lowest BCUT2D eigenvalue weighted by Crippen LogP contribution is -2.21. The molecule has 84 valence electrons. The van der Waals surface area contributed by atoms with Crippen LogP contribution in [-0.2, 0) is 0 Å². The Balaban J connectivity index is 2.77. The number of hydrogen-bond donors (Lipinski definition) is 1. The largest absolute Gasteiger partial charge is 0.310 e. The first-order valence-corrected chi connectivity index (χ1v) is 6.55. The summed E-state index contributed by atoms with van der Waals surface area (Å²) in [6, 6.07) is 2.17. The molecule has 1 N–H and O–H groups in total. The van der Waals surface area contributed by atoms with E-state index in [0.717, 1.165) is 33.6 Å². The number of halogens is 2. The van der Waals surface area contributed by atoms with Crippen LogP contribution in [0.15, 0.2) is 18.7 Å². The molecule has 0 aromatic carbocycles. The SMILES string of the molecule is C=CCC(NCCC)c1cc(Cl)sc1Cl. The summed E-state index contributed by atoms with van der Waals surface area (Å²) in [5, 5.41) is 3.43. The summed E-state index contributed by atoms with van der Waals surface area (Å²) in [4.78, 5) is 0. The van der Waals surface area contributed by atoms with Gasteiger partial charge in [0.15, 0.2) is 0 Å². The summed E-state index contributed by atoms with van der Waals surface area (Å²) >= 11 is 13.5. The summed E-state index contributed by atoms with van der Waals surface area (Å²) in [6.45, 7) is 6.87. The zero-order valence-electron chi connectivity index (χ0n) is 8.72. The molecule has 1 heterocycles. The van der Waals surface area contributed by atoms with Crippen LogP contribution < -0.4 is 5.32 Å². The highest BCUT2D eigenvalue weighted by molar-refractivity contribution is 7.20. The Bertz CT molecular complexity index is 322. The monoisotopic (exact) mass is 263 g/mol. The molecule has 1 aromatic heterocycles. The van der Waals surface area contributed by atoms with Gasteiger partial charge in [-0.1, -0.05) is 36.2 Å². The van der Waals surface area contributed by atoms with Crippen molar-refractivity contribution in [1.29, 1.82) is 0 Å². The quantitative estimate of drug-likeness (QED) is 0.736. The predicted molar refractivity (Wildman–Crippen MR) is 70.2 cm³/mol. The van der Waals surface area contributed by atoms with Crippen molar-refractivity contribution in [3.05, 3.63) is 33.0 Å². The van der Waals surface area contributed by atoms with Gasteiger partial charge in [-0.25, -0.2) is 0 Å². The molecule has 4 heteroatoms. The number of thiophene rings is 1. The van der Waals surface area contributed by atoms with E-state index in [-0.39, 0.29) is 6.04 Å². The fourth-order valence-corrected chi connectivity index (χ4v) is 2.98. The van der Waals surface area contributed by atoms with Crippen LogP contribution in [0.5, 0.6) is 0 Å². The van der Waals surface area contributed by atoms with Gasteiger partial charge in [-0.3, -0.25) is 0 Å². The second kappa shape index (κ2) is 6.54. The number of hydrogen-bond acceptors (Lipinski definition) is 2. The van der Waals surface area contributed by atoms with E-state index in [1.54, 1.807) is 0 Å². The van der Waals surface area contributed by atoms with Crippen molar-refractivity contribution >= 4 is 34.5 Å². The normalized spacial score (nSPS) is 12.7. The summed E-state index contributed by atoms with van der Waals surface area (Å²) in [5.74, 6) is 0. The zero-order valence-corrected chi connectivity index (χ0v) is 11.1. The second-order valence-corrected chi connectivity index (χ2v) is 5.60. The number of nitrogens with one attached hydrogen (secondary N) is 1. The van der Waals surface area contributed by atoms with E-state index in [9.17, 15) is 0 Å². The van der Waals surface area contributed by atoms with Crippen molar-refractivity contribution in [2.45, 2.75) is 25.8 Å². The molecule has 0 aliphatic rings. The van der Waals surface area contributed by atoms with Gasteiger partial charge in [0.25, 0.3) is 0 Å². The molecule has 0 spiro atoms. The van der Waals surface area contributed by atoms with Crippen molar-refractivity contribution in [2.75, 3.05) is 6.54 Å². The average Bonchev–Trinajstić information content (AvgIpc) is 2.52. The van der Waals surface area contributed by atoms with Gasteiger partial charge < -0.3 is 5.32 Å². The molecule has 1 unspecified atom stereocenters. The lowest BCUT2D eigenvalue weighted by Gasteiger charge is -2.16. The molecule has 0 fully saturated rings. The first-order chi connectivity index (χ1) is 7.19. The van der Waals surface area contributed by atoms with Gasteiger partial charge in [-0.05, 0) is 25.5 Å². The van der Waals surface area contributed by atoms with Crippen LogP contribution in [0.25, 0.3) is 0 Å². The van der Waals surface area contributed by atoms with Crippen molar-refractivity contribution < 1.29 is 0 Å². The molecule has 1 nitrogen and oxygen atoms in total. The maximum Gasteiger partial charge on any atom is 0.0992 e. The lowest BCUT2D eigenvalue weighted by atomic mass is 10.1. The highest BCUT2D eigenvalue weighted by atomic mass is 35.5. The Morgan fingerprint density at radius 1 is 1.60 bits per heavy atom. The molecule has 1 atom stereocenters. The molecule has 0 radical (unpaired) electrons. The first kappa shape index (κ1) is 13.0. The summed E-state index contributed by atoms with van der Waals surface area (Å²) in [7, 11) is 0. The highest BCUT2D eigenvalue weighted by Gasteiger charge is 2.15. The third-order valence-corrected chi connectivity index (χ3v) is 3.62. The van der Waals surface area contributed by atoms with Crippen LogP contribution >= 0.6 is 34.5 Å². The molecule has 1 aromatic rings. The summed E-state index contributed by atoms with van der Waals surface area (Å²) in [6.07, 6.45) is 3.87. The van der Waals surface area contributed by atoms with E-state index in [0.29, 0.717) is 0 Å². The van der Waals surface area contributed by atoms with Crippen molar-refractivity contribution in [3.8, 4) is 0 Å². The maximum absolute atomic E-state index is 6.11. The van der Waals surface area contributed by atoms with E-state index in [4.69, 9.17) is 23.2 Å². The molecule has 15 heavy (non-hydrogen) atoms. The van der Waals surface area contributed by atoms with Crippen molar-refractivity contribution in [1.82, 2.24) is 5.32 Å². The molecule has 0 bridgehead atoms. The number of rotatable bonds is 6. The Morgan fingerprint density at radius 3 is 2.80 bits per heavy atom. The van der Waals surface area contributed by atoms with Crippen LogP contribution in [0.2, 0.25) is 8.67 Å². The first-order valence-electron chi connectivity index (χ1n) is 4.98. The average molecular weight is 264 g/mol. The van der Waals surface area contributed by atoms with Gasteiger partial charge in [0.2, 0.25) is 0 Å². The van der Waals surface area contributed by atoms with Crippen LogP contribution in [0.3, 0.4) is 0 Å². The summed E-state index contributed by atoms with van der Waals surface area (Å²) in [5.41, 5.74) is 1.08. The molecule has 1 rings (SSSR count). The molecule has 0 aliphatic heterocycles. The van der Waals surface area contributed by atoms with E-state index >= 15 is 0 Å². The Kier molecular flexibility index (Phi) is 5.69. The van der Waals surface area contributed by atoms with Gasteiger partial charge in [-0.2, -0.15) is 0 Å². The standard InChI is InChI=1S/C11H15Cl2NS/c1-3-5-9(14-6-4-2)8-7-10(12)15-11(8)13/h3,7,9,14H,1,4-6H2,2H3. The van der Waals surface area contributed by atoms with Gasteiger partial charge in [0, 0.05) is 11.6 Å². The van der Waals surface area contributed by atoms with E-state index in [1.165, 1.54) is 11.3 Å². The van der Waals surface area contributed by atoms with E-state index < -0.39 is 0 Å². The Morgan fingerprint density at radius 2 is 2.33 bits per heavy atom. The molecule has 0 aliphatic carbocycles. The molecular formula is C11H15Cl2NS. The van der Waals surface area contributed by atoms with Gasteiger partial charge >= 0.3 is 0 Å².